The number of benzene rings is 1. The Bertz CT molecular complexity index is 598. The Morgan fingerprint density at radius 2 is 2.19 bits per heavy atom. The highest BCUT2D eigenvalue weighted by Crippen LogP contribution is 2.17. The first kappa shape index (κ1) is 15.3. The summed E-state index contributed by atoms with van der Waals surface area (Å²) in [5, 5.41) is 17.1. The maximum absolute atomic E-state index is 11.8. The van der Waals surface area contributed by atoms with Gasteiger partial charge in [-0.05, 0) is 17.7 Å². The number of methoxy groups -OCH3 is 1. The van der Waals surface area contributed by atoms with Gasteiger partial charge in [-0.25, -0.2) is 0 Å². The molecule has 0 unspecified atom stereocenters. The van der Waals surface area contributed by atoms with Crippen molar-refractivity contribution < 1.29 is 14.6 Å². The molecule has 0 saturated carbocycles. The first-order valence-corrected chi connectivity index (χ1v) is 6.75. The molecule has 2 N–H and O–H groups in total. The molecule has 1 aromatic carbocycles. The van der Waals surface area contributed by atoms with Gasteiger partial charge in [-0.15, -0.1) is 0 Å². The number of aromatic nitrogens is 2. The largest absolute Gasteiger partial charge is 0.497 e. The third-order valence-electron chi connectivity index (χ3n) is 2.92. The van der Waals surface area contributed by atoms with Crippen molar-refractivity contribution in [3.8, 4) is 5.75 Å². The number of halogens is 1. The molecular weight excluding hydrogens is 294 g/mol. The molecule has 0 spiro atoms. The summed E-state index contributed by atoms with van der Waals surface area (Å²) in [4.78, 5) is 11.8. The molecule has 0 bridgehead atoms. The molecular formula is C14H16ClN3O3. The van der Waals surface area contributed by atoms with Gasteiger partial charge in [0.1, 0.15) is 5.75 Å². The lowest BCUT2D eigenvalue weighted by atomic mass is 10.1. The van der Waals surface area contributed by atoms with Crippen LogP contribution in [0, 0.1) is 0 Å². The van der Waals surface area contributed by atoms with Crippen LogP contribution in [0.2, 0.25) is 5.02 Å². The van der Waals surface area contributed by atoms with Crippen molar-refractivity contribution in [1.29, 1.82) is 0 Å². The average molecular weight is 310 g/mol. The minimum atomic E-state index is -1.21. The number of nitrogens with one attached hydrogen (secondary N) is 1. The van der Waals surface area contributed by atoms with Crippen molar-refractivity contribution in [3.63, 3.8) is 0 Å². The molecule has 0 saturated heterocycles. The van der Waals surface area contributed by atoms with E-state index in [1.54, 1.807) is 42.3 Å². The lowest BCUT2D eigenvalue weighted by molar-refractivity contribution is -0.129. The van der Waals surface area contributed by atoms with Gasteiger partial charge in [-0.2, -0.15) is 5.10 Å². The van der Waals surface area contributed by atoms with Crippen LogP contribution < -0.4 is 10.1 Å². The molecule has 112 valence electrons. The van der Waals surface area contributed by atoms with E-state index in [1.807, 2.05) is 0 Å². The number of aliphatic hydroxyl groups excluding tert-OH is 1. The number of nitrogens with zero attached hydrogens (tertiary/aromatic N) is 2. The fourth-order valence-electron chi connectivity index (χ4n) is 1.79. The van der Waals surface area contributed by atoms with Gasteiger partial charge in [0, 0.05) is 12.7 Å². The molecule has 7 heteroatoms. The van der Waals surface area contributed by atoms with Gasteiger partial charge in [0.15, 0.2) is 6.10 Å². The highest BCUT2D eigenvalue weighted by Gasteiger charge is 2.16. The quantitative estimate of drug-likeness (QED) is 0.845. The van der Waals surface area contributed by atoms with Crippen molar-refractivity contribution in [3.05, 3.63) is 47.2 Å². The van der Waals surface area contributed by atoms with Gasteiger partial charge in [-0.1, -0.05) is 23.7 Å². The summed E-state index contributed by atoms with van der Waals surface area (Å²) in [6, 6.07) is 6.68. The zero-order valence-corrected chi connectivity index (χ0v) is 12.2. The van der Waals surface area contributed by atoms with Crippen LogP contribution >= 0.6 is 11.6 Å². The Labute approximate surface area is 127 Å². The highest BCUT2D eigenvalue weighted by atomic mass is 35.5. The number of rotatable bonds is 6. The van der Waals surface area contributed by atoms with Crippen LogP contribution in [0.4, 0.5) is 0 Å². The fourth-order valence-corrected chi connectivity index (χ4v) is 1.94. The third-order valence-corrected chi connectivity index (χ3v) is 3.12. The molecule has 1 atom stereocenters. The maximum atomic E-state index is 11.8. The summed E-state index contributed by atoms with van der Waals surface area (Å²) in [5.41, 5.74) is 0.510. The molecule has 6 nitrogen and oxygen atoms in total. The van der Waals surface area contributed by atoms with Crippen molar-refractivity contribution in [2.24, 2.45) is 0 Å². The maximum Gasteiger partial charge on any atom is 0.253 e. The van der Waals surface area contributed by atoms with Gasteiger partial charge in [0.05, 0.1) is 24.9 Å². The molecule has 21 heavy (non-hydrogen) atoms. The number of carbonyl (C=O) groups excluding carboxylic acids is 1. The number of hydrogen-bond donors (Lipinski definition) is 2. The minimum absolute atomic E-state index is 0.351. The molecule has 1 aromatic heterocycles. The molecule has 2 aromatic rings. The standard InChI is InChI=1S/C14H16ClN3O3/c1-21-12-4-2-10(3-5-12)13(19)14(20)16-6-7-18-9-11(15)8-17-18/h2-5,8-9,13,19H,6-7H2,1H3,(H,16,20)/t13-/m1/s1. The zero-order valence-electron chi connectivity index (χ0n) is 11.5. The average Bonchev–Trinajstić information content (AvgIpc) is 2.92. The van der Waals surface area contributed by atoms with E-state index in [9.17, 15) is 9.90 Å². The molecule has 0 aliphatic carbocycles. The number of amides is 1. The van der Waals surface area contributed by atoms with E-state index in [1.165, 1.54) is 6.20 Å². The number of hydrogen-bond acceptors (Lipinski definition) is 4. The Balaban J connectivity index is 1.84. The van der Waals surface area contributed by atoms with Crippen LogP contribution in [-0.4, -0.2) is 34.4 Å². The number of carbonyl (C=O) groups is 1. The van der Waals surface area contributed by atoms with Gasteiger partial charge in [-0.3, -0.25) is 9.48 Å². The summed E-state index contributed by atoms with van der Waals surface area (Å²) in [6.45, 7) is 0.831. The van der Waals surface area contributed by atoms with Crippen LogP contribution in [-0.2, 0) is 11.3 Å². The van der Waals surface area contributed by atoms with Crippen LogP contribution in [0.5, 0.6) is 5.75 Å². The van der Waals surface area contributed by atoms with E-state index in [0.29, 0.717) is 29.4 Å². The number of aliphatic hydroxyl groups is 1. The Morgan fingerprint density at radius 1 is 1.48 bits per heavy atom. The molecule has 1 amide bonds. The van der Waals surface area contributed by atoms with Crippen molar-refractivity contribution >= 4 is 17.5 Å². The van der Waals surface area contributed by atoms with E-state index in [-0.39, 0.29) is 0 Å². The Kier molecular flexibility index (Phi) is 5.19. The first-order chi connectivity index (χ1) is 10.1. The van der Waals surface area contributed by atoms with E-state index < -0.39 is 12.0 Å². The normalized spacial score (nSPS) is 12.0. The van der Waals surface area contributed by atoms with Crippen molar-refractivity contribution in [2.75, 3.05) is 13.7 Å². The molecule has 0 fully saturated rings. The number of ether oxygens (including phenoxy) is 1. The zero-order chi connectivity index (χ0) is 15.2. The summed E-state index contributed by atoms with van der Waals surface area (Å²) in [5.74, 6) is 0.209. The second-order valence-electron chi connectivity index (χ2n) is 4.39. The lowest BCUT2D eigenvalue weighted by Crippen LogP contribution is -2.32. The molecule has 0 radical (unpaired) electrons. The topological polar surface area (TPSA) is 76.4 Å². The van der Waals surface area contributed by atoms with Crippen LogP contribution in [0.1, 0.15) is 11.7 Å². The Morgan fingerprint density at radius 3 is 2.76 bits per heavy atom. The molecule has 2 rings (SSSR count). The van der Waals surface area contributed by atoms with E-state index >= 15 is 0 Å². The fraction of sp³-hybridized carbons (Fsp3) is 0.286. The van der Waals surface area contributed by atoms with Crippen molar-refractivity contribution in [1.82, 2.24) is 15.1 Å². The van der Waals surface area contributed by atoms with Gasteiger partial charge in [0.25, 0.3) is 5.91 Å². The van der Waals surface area contributed by atoms with Crippen molar-refractivity contribution in [2.45, 2.75) is 12.6 Å². The minimum Gasteiger partial charge on any atom is -0.497 e. The van der Waals surface area contributed by atoms with E-state index in [4.69, 9.17) is 16.3 Å². The highest BCUT2D eigenvalue weighted by molar-refractivity contribution is 6.30. The summed E-state index contributed by atoms with van der Waals surface area (Å²) in [6.07, 6.45) is 1.97. The van der Waals surface area contributed by atoms with Crippen LogP contribution in [0.25, 0.3) is 0 Å². The first-order valence-electron chi connectivity index (χ1n) is 6.38. The molecule has 0 aliphatic rings. The summed E-state index contributed by atoms with van der Waals surface area (Å²) in [7, 11) is 1.56. The summed E-state index contributed by atoms with van der Waals surface area (Å²) < 4.78 is 6.64. The molecule has 0 aliphatic heterocycles. The predicted molar refractivity (Wildman–Crippen MR) is 78.2 cm³/mol. The predicted octanol–water partition coefficient (Wildman–Crippen LogP) is 1.39. The monoisotopic (exact) mass is 309 g/mol. The summed E-state index contributed by atoms with van der Waals surface area (Å²) >= 11 is 5.74. The second-order valence-corrected chi connectivity index (χ2v) is 4.82. The van der Waals surface area contributed by atoms with Gasteiger partial charge < -0.3 is 15.2 Å². The second kappa shape index (κ2) is 7.10. The van der Waals surface area contributed by atoms with Gasteiger partial charge >= 0.3 is 0 Å². The van der Waals surface area contributed by atoms with Gasteiger partial charge in [0.2, 0.25) is 0 Å². The Hall–Kier alpha value is -2.05. The smallest absolute Gasteiger partial charge is 0.253 e. The van der Waals surface area contributed by atoms with Crippen LogP contribution in [0.3, 0.4) is 0 Å². The molecule has 1 heterocycles. The van der Waals surface area contributed by atoms with Crippen LogP contribution in [0.15, 0.2) is 36.7 Å². The van der Waals surface area contributed by atoms with E-state index in [0.717, 1.165) is 0 Å². The lowest BCUT2D eigenvalue weighted by Gasteiger charge is -2.12. The van der Waals surface area contributed by atoms with E-state index in [2.05, 4.69) is 10.4 Å². The SMILES string of the molecule is COc1ccc([C@@H](O)C(=O)NCCn2cc(Cl)cn2)cc1. The third kappa shape index (κ3) is 4.21.